The molecule has 41 heavy (non-hydrogen) atoms. The molecule has 2 aromatic carbocycles. The van der Waals surface area contributed by atoms with Crippen molar-refractivity contribution in [2.45, 2.75) is 64.7 Å². The molecule has 1 aromatic heterocycles. The summed E-state index contributed by atoms with van der Waals surface area (Å²) >= 11 is 0. The molecule has 2 amide bonds. The van der Waals surface area contributed by atoms with Crippen molar-refractivity contribution >= 4 is 23.2 Å². The van der Waals surface area contributed by atoms with Gasteiger partial charge in [0.05, 0.1) is 17.1 Å². The van der Waals surface area contributed by atoms with Gasteiger partial charge in [0.25, 0.3) is 5.91 Å². The number of aryl methyl sites for hydroxylation is 1. The fourth-order valence-electron chi connectivity index (χ4n) is 6.45. The van der Waals surface area contributed by atoms with E-state index in [0.29, 0.717) is 32.1 Å². The molecule has 1 N–H and O–H groups in total. The van der Waals surface area contributed by atoms with Crippen molar-refractivity contribution in [1.29, 1.82) is 0 Å². The van der Waals surface area contributed by atoms with Crippen LogP contribution < -0.4 is 15.1 Å². The second-order valence-corrected chi connectivity index (χ2v) is 11.7. The third kappa shape index (κ3) is 5.10. The van der Waals surface area contributed by atoms with Crippen LogP contribution in [0.1, 0.15) is 49.8 Å². The summed E-state index contributed by atoms with van der Waals surface area (Å²) in [6.45, 7) is 10.8. The molecule has 0 spiro atoms. The first-order valence-electron chi connectivity index (χ1n) is 14.6. The van der Waals surface area contributed by atoms with E-state index in [9.17, 15) is 9.59 Å². The summed E-state index contributed by atoms with van der Waals surface area (Å²) in [5.74, 6) is 0.682. The molecule has 0 radical (unpaired) electrons. The van der Waals surface area contributed by atoms with Crippen LogP contribution in [0.5, 0.6) is 0 Å². The maximum absolute atomic E-state index is 13.7. The van der Waals surface area contributed by atoms with Gasteiger partial charge >= 0.3 is 0 Å². The maximum atomic E-state index is 13.7. The van der Waals surface area contributed by atoms with Gasteiger partial charge in [-0.2, -0.15) is 0 Å². The van der Waals surface area contributed by atoms with Crippen molar-refractivity contribution in [3.05, 3.63) is 53.9 Å². The fraction of sp³-hybridized carbons (Fsp3) is 0.484. The number of aromatic nitrogens is 3. The molecule has 10 heteroatoms. The number of hydrogen-bond donors (Lipinski definition) is 1. The summed E-state index contributed by atoms with van der Waals surface area (Å²) < 4.78 is 7.40. The number of hydrogen-bond acceptors (Lipinski definition) is 7. The zero-order chi connectivity index (χ0) is 28.8. The summed E-state index contributed by atoms with van der Waals surface area (Å²) in [5.41, 5.74) is 4.66. The van der Waals surface area contributed by atoms with Crippen LogP contribution in [-0.2, 0) is 9.53 Å². The highest BCUT2D eigenvalue weighted by Gasteiger charge is 2.38. The Hall–Kier alpha value is -3.76. The Kier molecular flexibility index (Phi) is 7.29. The van der Waals surface area contributed by atoms with E-state index in [1.165, 1.54) is 0 Å². The number of benzene rings is 2. The molecule has 3 aromatic rings. The zero-order valence-corrected chi connectivity index (χ0v) is 24.5. The fourth-order valence-corrected chi connectivity index (χ4v) is 6.45. The van der Waals surface area contributed by atoms with E-state index >= 15 is 0 Å². The summed E-state index contributed by atoms with van der Waals surface area (Å²) in [5, 5.41) is 8.25. The minimum Gasteiger partial charge on any atom is -0.381 e. The first-order valence-corrected chi connectivity index (χ1v) is 14.6. The number of fused-ring (bicyclic) bond motifs is 1. The van der Waals surface area contributed by atoms with E-state index in [2.05, 4.69) is 30.1 Å². The van der Waals surface area contributed by atoms with E-state index in [1.54, 1.807) is 9.58 Å². The van der Waals surface area contributed by atoms with Gasteiger partial charge in [0.15, 0.2) is 5.82 Å². The van der Waals surface area contributed by atoms with Crippen molar-refractivity contribution in [3.63, 3.8) is 0 Å². The Balaban J connectivity index is 1.45. The highest BCUT2D eigenvalue weighted by molar-refractivity contribution is 6.05. The number of amides is 2. The molecule has 2 saturated heterocycles. The monoisotopic (exact) mass is 557 g/mol. The third-order valence-corrected chi connectivity index (χ3v) is 8.48. The molecule has 10 nitrogen and oxygen atoms in total. The molecule has 6 rings (SSSR count). The highest BCUT2D eigenvalue weighted by Crippen LogP contribution is 2.41. The number of carbonyl (C=O) groups is 2. The summed E-state index contributed by atoms with van der Waals surface area (Å²) in [7, 11) is 1.83. The number of piperazine rings is 1. The van der Waals surface area contributed by atoms with Crippen molar-refractivity contribution in [3.8, 4) is 17.1 Å². The molecule has 2 fully saturated rings. The Morgan fingerprint density at radius 2 is 1.66 bits per heavy atom. The third-order valence-electron chi connectivity index (χ3n) is 8.48. The predicted molar refractivity (Wildman–Crippen MR) is 159 cm³/mol. The molecule has 0 aliphatic carbocycles. The molecule has 0 saturated carbocycles. The molecule has 3 atom stereocenters. The molecule has 1 unspecified atom stereocenters. The van der Waals surface area contributed by atoms with Crippen LogP contribution in [-0.4, -0.2) is 89.0 Å². The number of nitrogens with one attached hydrogen (secondary N) is 1. The molecular formula is C31H39N7O3. The quantitative estimate of drug-likeness (QED) is 0.525. The van der Waals surface area contributed by atoms with E-state index in [1.807, 2.05) is 62.2 Å². The zero-order valence-electron chi connectivity index (χ0n) is 24.5. The minimum absolute atomic E-state index is 0.0759. The first-order chi connectivity index (χ1) is 19.7. The molecule has 3 aliphatic rings. The average Bonchev–Trinajstić information content (AvgIpc) is 3.41. The number of nitrogens with zero attached hydrogens (tertiary/aromatic N) is 6. The standard InChI is InChI=1S/C31H39N7O3/c1-19-6-9-25(10-7-19)38-29(33-28(34-38)31(40)36-17-20(2)32-21(3)18-36)23-8-11-26-27(16-23)37(22(4)30(39)35(26)5)24-12-14-41-15-13-24/h6-11,16,20-22,24,32H,12-15,17-18H2,1-5H3/t20-,21+,22?. The van der Waals surface area contributed by atoms with Crippen molar-refractivity contribution < 1.29 is 14.3 Å². The SMILES string of the molecule is Cc1ccc(-n2nc(C(=O)N3C[C@@H](C)N[C@@H](C)C3)nc2-c2ccc3c(c2)N(C2CCOCC2)C(C)C(=O)N3C)cc1. The number of rotatable bonds is 4. The largest absolute Gasteiger partial charge is 0.381 e. The van der Waals surface area contributed by atoms with Crippen LogP contribution in [0.25, 0.3) is 17.1 Å². The molecule has 3 aliphatic heterocycles. The van der Waals surface area contributed by atoms with Crippen LogP contribution in [0.15, 0.2) is 42.5 Å². The first kappa shape index (κ1) is 27.4. The van der Waals surface area contributed by atoms with Gasteiger partial charge in [-0.1, -0.05) is 17.7 Å². The summed E-state index contributed by atoms with van der Waals surface area (Å²) in [6.07, 6.45) is 1.73. The average molecular weight is 558 g/mol. The van der Waals surface area contributed by atoms with Crippen LogP contribution >= 0.6 is 0 Å². The van der Waals surface area contributed by atoms with Crippen molar-refractivity contribution in [1.82, 2.24) is 25.0 Å². The number of likely N-dealkylation sites (N-methyl/N-ethyl adjacent to an activating group) is 1. The maximum Gasteiger partial charge on any atom is 0.293 e. The second-order valence-electron chi connectivity index (χ2n) is 11.7. The summed E-state index contributed by atoms with van der Waals surface area (Å²) in [6, 6.07) is 14.4. The van der Waals surface area contributed by atoms with Gasteiger partial charge in [-0.15, -0.1) is 5.10 Å². The van der Waals surface area contributed by atoms with Gasteiger partial charge < -0.3 is 24.8 Å². The molecule has 4 heterocycles. The number of carbonyl (C=O) groups excluding carboxylic acids is 2. The van der Waals surface area contributed by atoms with E-state index < -0.39 is 0 Å². The molecular weight excluding hydrogens is 518 g/mol. The van der Waals surface area contributed by atoms with E-state index in [-0.39, 0.29) is 41.8 Å². The Morgan fingerprint density at radius 1 is 0.976 bits per heavy atom. The van der Waals surface area contributed by atoms with Gasteiger partial charge in [0.2, 0.25) is 11.7 Å². The number of ether oxygens (including phenoxy) is 1. The number of anilines is 2. The highest BCUT2D eigenvalue weighted by atomic mass is 16.5. The molecule has 216 valence electrons. The smallest absolute Gasteiger partial charge is 0.293 e. The van der Waals surface area contributed by atoms with Crippen LogP contribution in [0.3, 0.4) is 0 Å². The lowest BCUT2D eigenvalue weighted by Crippen LogP contribution is -2.56. The molecule has 0 bridgehead atoms. The Labute approximate surface area is 241 Å². The second kappa shape index (κ2) is 10.9. The van der Waals surface area contributed by atoms with Crippen molar-refractivity contribution in [2.75, 3.05) is 43.2 Å². The topological polar surface area (TPSA) is 95.8 Å². The summed E-state index contributed by atoms with van der Waals surface area (Å²) in [4.78, 5) is 37.6. The Bertz CT molecular complexity index is 1440. The lowest BCUT2D eigenvalue weighted by molar-refractivity contribution is -0.119. The predicted octanol–water partition coefficient (Wildman–Crippen LogP) is 3.42. The van der Waals surface area contributed by atoms with Crippen LogP contribution in [0, 0.1) is 6.92 Å². The van der Waals surface area contributed by atoms with Gasteiger partial charge in [0, 0.05) is 57.0 Å². The van der Waals surface area contributed by atoms with Gasteiger partial charge in [-0.05, 0) is 70.9 Å². The van der Waals surface area contributed by atoms with Crippen LogP contribution in [0.2, 0.25) is 0 Å². The lowest BCUT2D eigenvalue weighted by Gasteiger charge is -2.45. The lowest BCUT2D eigenvalue weighted by atomic mass is 9.98. The van der Waals surface area contributed by atoms with E-state index in [4.69, 9.17) is 14.8 Å². The van der Waals surface area contributed by atoms with Gasteiger partial charge in [-0.25, -0.2) is 9.67 Å². The van der Waals surface area contributed by atoms with E-state index in [0.717, 1.165) is 41.0 Å². The van der Waals surface area contributed by atoms with Gasteiger partial charge in [-0.3, -0.25) is 9.59 Å². The van der Waals surface area contributed by atoms with Crippen LogP contribution in [0.4, 0.5) is 11.4 Å². The Morgan fingerprint density at radius 3 is 2.34 bits per heavy atom. The minimum atomic E-state index is -0.297. The normalized spacial score (nSPS) is 23.6. The van der Waals surface area contributed by atoms with Crippen molar-refractivity contribution in [2.24, 2.45) is 0 Å². The van der Waals surface area contributed by atoms with Gasteiger partial charge in [0.1, 0.15) is 6.04 Å².